The molecule has 7 rings (SSSR count). The number of rotatable bonds is 4. The largest absolute Gasteiger partial charge is 0.481 e. The van der Waals surface area contributed by atoms with E-state index in [1.54, 1.807) is 0 Å². The van der Waals surface area contributed by atoms with Crippen molar-refractivity contribution >= 4 is 76.6 Å². The van der Waals surface area contributed by atoms with Gasteiger partial charge in [0.05, 0.1) is 11.8 Å². The van der Waals surface area contributed by atoms with Crippen LogP contribution in [0.5, 0.6) is 0 Å². The van der Waals surface area contributed by atoms with Gasteiger partial charge in [-0.25, -0.2) is 0 Å². The summed E-state index contributed by atoms with van der Waals surface area (Å²) in [5.74, 6) is -3.01. The lowest BCUT2D eigenvalue weighted by Gasteiger charge is -2.28. The van der Waals surface area contributed by atoms with E-state index in [1.807, 2.05) is 13.8 Å². The van der Waals surface area contributed by atoms with Crippen LogP contribution in [0.25, 0.3) is 64.6 Å². The second-order valence-electron chi connectivity index (χ2n) is 19.7. The first-order valence-corrected chi connectivity index (χ1v) is 18.8. The first kappa shape index (κ1) is 35.9. The summed E-state index contributed by atoms with van der Waals surface area (Å²) in [4.78, 5) is 25.6. The summed E-state index contributed by atoms with van der Waals surface area (Å²) >= 11 is 0. The van der Waals surface area contributed by atoms with Gasteiger partial charge in [0.1, 0.15) is 0 Å². The van der Waals surface area contributed by atoms with E-state index in [4.69, 9.17) is 0 Å². The number of hydrogen-bond acceptors (Lipinski definition) is 2. The number of carbonyl (C=O) groups is 2. The van der Waals surface area contributed by atoms with E-state index in [2.05, 4.69) is 132 Å². The SMILES string of the molecule is CC(C(=O)O)c1c(C(C)(C)C)cc2c3c1cc(C(C)(C)C)cc3c1ccc3c4cc(C(C)(C)C)cc5c(C(C)C(=O)O)c(C(C)(C)C)cc(c54)c3c12. The fourth-order valence-corrected chi connectivity index (χ4v) is 8.89. The van der Waals surface area contributed by atoms with Crippen molar-refractivity contribution in [2.24, 2.45) is 0 Å². The minimum Gasteiger partial charge on any atom is -0.481 e. The second kappa shape index (κ2) is 11.0. The van der Waals surface area contributed by atoms with Gasteiger partial charge in [-0.2, -0.15) is 0 Å². The van der Waals surface area contributed by atoms with Crippen LogP contribution in [0.3, 0.4) is 0 Å². The quantitative estimate of drug-likeness (QED) is 0.192. The van der Waals surface area contributed by atoms with Crippen LogP contribution in [-0.4, -0.2) is 22.2 Å². The van der Waals surface area contributed by atoms with Crippen molar-refractivity contribution in [3.05, 3.63) is 81.9 Å². The molecule has 0 fully saturated rings. The van der Waals surface area contributed by atoms with E-state index in [-0.39, 0.29) is 21.7 Å². The predicted molar refractivity (Wildman–Crippen MR) is 221 cm³/mol. The minimum atomic E-state index is -0.821. The molecule has 0 aliphatic carbocycles. The maximum Gasteiger partial charge on any atom is 0.310 e. The lowest BCUT2D eigenvalue weighted by molar-refractivity contribution is -0.139. The molecule has 0 radical (unpaired) electrons. The molecule has 0 amide bonds. The standard InChI is InChI=1S/C48H54O4/c1-23(43(49)50)37-31-19-25(45(3,4)5)17-29-27-15-16-28-30-18-26(46(6,7)8)20-32-38(24(2)44(51)52)36(48(12,13)14)22-34(40(30)32)42(28)41(27)33(39(29)31)21-35(37)47(9,10)11/h15-24H,1-14H3,(H,49,50)(H,51,52). The summed E-state index contributed by atoms with van der Waals surface area (Å²) in [7, 11) is 0. The Morgan fingerprint density at radius 1 is 0.423 bits per heavy atom. The van der Waals surface area contributed by atoms with Crippen molar-refractivity contribution in [2.45, 2.75) is 130 Å². The molecule has 0 aliphatic rings. The van der Waals surface area contributed by atoms with Gasteiger partial charge in [0.15, 0.2) is 0 Å². The molecule has 0 heterocycles. The molecule has 0 aliphatic heterocycles. The van der Waals surface area contributed by atoms with Gasteiger partial charge in [-0.05, 0) is 158 Å². The van der Waals surface area contributed by atoms with Crippen LogP contribution in [0.2, 0.25) is 0 Å². The Kier molecular flexibility index (Phi) is 7.63. The fourth-order valence-electron chi connectivity index (χ4n) is 8.89. The lowest BCUT2D eigenvalue weighted by atomic mass is 9.76. The normalized spacial score (nSPS) is 14.9. The molecule has 4 nitrogen and oxygen atoms in total. The zero-order valence-corrected chi connectivity index (χ0v) is 33.5. The molecule has 52 heavy (non-hydrogen) atoms. The van der Waals surface area contributed by atoms with Gasteiger partial charge in [0, 0.05) is 0 Å². The smallest absolute Gasteiger partial charge is 0.310 e. The summed E-state index contributed by atoms with van der Waals surface area (Å²) in [5.41, 5.74) is 5.35. The molecule has 0 bridgehead atoms. The molecule has 2 N–H and O–H groups in total. The Morgan fingerprint density at radius 2 is 0.731 bits per heavy atom. The van der Waals surface area contributed by atoms with Gasteiger partial charge in [-0.1, -0.05) is 107 Å². The van der Waals surface area contributed by atoms with Gasteiger partial charge >= 0.3 is 11.9 Å². The minimum absolute atomic E-state index is 0.157. The van der Waals surface area contributed by atoms with Crippen LogP contribution < -0.4 is 0 Å². The number of fused-ring (bicyclic) bond motifs is 7. The highest BCUT2D eigenvalue weighted by molar-refractivity contribution is 6.44. The summed E-state index contributed by atoms with van der Waals surface area (Å²) < 4.78 is 0. The van der Waals surface area contributed by atoms with E-state index < -0.39 is 23.8 Å². The Morgan fingerprint density at radius 3 is 1.00 bits per heavy atom. The van der Waals surface area contributed by atoms with Crippen molar-refractivity contribution in [3.63, 3.8) is 0 Å². The average molecular weight is 695 g/mol. The summed E-state index contributed by atoms with van der Waals surface area (Å²) in [6.45, 7) is 30.1. The Balaban J connectivity index is 1.84. The van der Waals surface area contributed by atoms with Crippen LogP contribution in [0.15, 0.2) is 48.5 Å². The highest BCUT2D eigenvalue weighted by Crippen LogP contribution is 2.53. The van der Waals surface area contributed by atoms with Gasteiger partial charge in [-0.3, -0.25) is 9.59 Å². The molecule has 0 saturated heterocycles. The van der Waals surface area contributed by atoms with E-state index in [0.29, 0.717) is 0 Å². The lowest BCUT2D eigenvalue weighted by Crippen LogP contribution is -2.19. The number of hydrogen-bond donors (Lipinski definition) is 2. The number of benzene rings is 5. The number of aliphatic carboxylic acids is 2. The van der Waals surface area contributed by atoms with E-state index in [1.165, 1.54) is 32.7 Å². The number of carboxylic acids is 2. The van der Waals surface area contributed by atoms with Gasteiger partial charge in [0.25, 0.3) is 0 Å². The Hall–Kier alpha value is -4.44. The molecule has 7 aromatic rings. The number of carboxylic acid groups (broad SMARTS) is 2. The monoisotopic (exact) mass is 694 g/mol. The van der Waals surface area contributed by atoms with Crippen molar-refractivity contribution in [3.8, 4) is 0 Å². The van der Waals surface area contributed by atoms with Crippen molar-refractivity contribution in [1.29, 1.82) is 0 Å². The molecule has 4 heteroatoms. The fraction of sp³-hybridized carbons (Fsp3) is 0.417. The van der Waals surface area contributed by atoms with Gasteiger partial charge in [-0.15, -0.1) is 0 Å². The molecule has 0 aromatic heterocycles. The molecule has 7 aromatic carbocycles. The van der Waals surface area contributed by atoms with Gasteiger partial charge in [0.2, 0.25) is 0 Å². The van der Waals surface area contributed by atoms with Crippen LogP contribution in [-0.2, 0) is 31.2 Å². The molecule has 2 unspecified atom stereocenters. The Bertz CT molecular complexity index is 2440. The maximum absolute atomic E-state index is 12.8. The third kappa shape index (κ3) is 5.15. The van der Waals surface area contributed by atoms with E-state index >= 15 is 0 Å². The maximum atomic E-state index is 12.8. The molecule has 0 spiro atoms. The highest BCUT2D eigenvalue weighted by atomic mass is 16.4. The second-order valence-corrected chi connectivity index (χ2v) is 19.7. The van der Waals surface area contributed by atoms with Crippen molar-refractivity contribution in [2.75, 3.05) is 0 Å². The zero-order chi connectivity index (χ0) is 38.4. The first-order valence-electron chi connectivity index (χ1n) is 18.8. The average Bonchev–Trinajstić information content (AvgIpc) is 3.51. The van der Waals surface area contributed by atoms with Crippen molar-refractivity contribution in [1.82, 2.24) is 0 Å². The first-order chi connectivity index (χ1) is 23.8. The van der Waals surface area contributed by atoms with Crippen LogP contribution in [0.1, 0.15) is 142 Å². The summed E-state index contributed by atoms with van der Waals surface area (Å²) in [6, 6.07) is 18.4. The topological polar surface area (TPSA) is 74.6 Å². The summed E-state index contributed by atoms with van der Waals surface area (Å²) in [5, 5.41) is 34.6. The van der Waals surface area contributed by atoms with Crippen molar-refractivity contribution < 1.29 is 19.8 Å². The zero-order valence-electron chi connectivity index (χ0n) is 33.5. The third-order valence-electron chi connectivity index (χ3n) is 11.8. The van der Waals surface area contributed by atoms with E-state index in [9.17, 15) is 19.8 Å². The van der Waals surface area contributed by atoms with Gasteiger partial charge < -0.3 is 10.2 Å². The summed E-state index contributed by atoms with van der Waals surface area (Å²) in [6.07, 6.45) is 0. The molecule has 270 valence electrons. The van der Waals surface area contributed by atoms with E-state index in [0.717, 1.165) is 65.3 Å². The van der Waals surface area contributed by atoms with Crippen LogP contribution >= 0.6 is 0 Å². The molecular formula is C48H54O4. The highest BCUT2D eigenvalue weighted by Gasteiger charge is 2.34. The van der Waals surface area contributed by atoms with Crippen LogP contribution in [0.4, 0.5) is 0 Å². The van der Waals surface area contributed by atoms with Crippen LogP contribution in [0, 0.1) is 0 Å². The Labute approximate surface area is 307 Å². The third-order valence-corrected chi connectivity index (χ3v) is 11.8. The molecule has 2 atom stereocenters. The molecular weight excluding hydrogens is 641 g/mol. The predicted octanol–water partition coefficient (Wildman–Crippen LogP) is 13.0. The molecule has 0 saturated carbocycles.